The molecule has 0 spiro atoms. The molecule has 26 heavy (non-hydrogen) atoms. The zero-order chi connectivity index (χ0) is 19.1. The Bertz CT molecular complexity index is 750. The van der Waals surface area contributed by atoms with Gasteiger partial charge in [0.1, 0.15) is 0 Å². The Kier molecular flexibility index (Phi) is 6.54. The average molecular weight is 361 g/mol. The van der Waals surface area contributed by atoms with E-state index in [0.717, 1.165) is 5.56 Å². The Morgan fingerprint density at radius 3 is 1.85 bits per heavy atom. The molecule has 2 rings (SSSR count). The van der Waals surface area contributed by atoms with Gasteiger partial charge in [-0.2, -0.15) is 0 Å². The SMILES string of the molecule is COc1ccc(CC(=O)Nc2cc(OC)c(OC)c(OC)c2)cc1OC. The first-order valence-electron chi connectivity index (χ1n) is 7.87. The quantitative estimate of drug-likeness (QED) is 0.779. The van der Waals surface area contributed by atoms with Crippen LogP contribution in [0.3, 0.4) is 0 Å². The minimum absolute atomic E-state index is 0.178. The Hall–Kier alpha value is -3.09. The lowest BCUT2D eigenvalue weighted by Gasteiger charge is -2.15. The van der Waals surface area contributed by atoms with Gasteiger partial charge in [-0.3, -0.25) is 4.79 Å². The van der Waals surface area contributed by atoms with Gasteiger partial charge in [-0.1, -0.05) is 6.07 Å². The molecule has 0 radical (unpaired) electrons. The maximum absolute atomic E-state index is 12.4. The van der Waals surface area contributed by atoms with Gasteiger partial charge in [-0.05, 0) is 17.7 Å². The van der Waals surface area contributed by atoms with Crippen LogP contribution >= 0.6 is 0 Å². The van der Waals surface area contributed by atoms with Crippen LogP contribution in [0.2, 0.25) is 0 Å². The molecule has 2 aromatic rings. The molecule has 0 aliphatic heterocycles. The number of carbonyl (C=O) groups is 1. The van der Waals surface area contributed by atoms with E-state index in [-0.39, 0.29) is 12.3 Å². The van der Waals surface area contributed by atoms with Crippen molar-refractivity contribution in [3.8, 4) is 28.7 Å². The molecule has 0 aliphatic rings. The van der Waals surface area contributed by atoms with Crippen molar-refractivity contribution in [1.82, 2.24) is 0 Å². The molecule has 7 heteroatoms. The smallest absolute Gasteiger partial charge is 0.228 e. The number of amides is 1. The molecule has 0 saturated carbocycles. The summed E-state index contributed by atoms with van der Waals surface area (Å²) >= 11 is 0. The third-order valence-corrected chi connectivity index (χ3v) is 3.76. The fourth-order valence-electron chi connectivity index (χ4n) is 2.53. The number of rotatable bonds is 8. The van der Waals surface area contributed by atoms with E-state index >= 15 is 0 Å². The molecule has 0 atom stereocenters. The monoisotopic (exact) mass is 361 g/mol. The Morgan fingerprint density at radius 1 is 0.769 bits per heavy atom. The van der Waals surface area contributed by atoms with E-state index in [0.29, 0.717) is 34.4 Å². The predicted molar refractivity (Wildman–Crippen MR) is 98.0 cm³/mol. The second kappa shape index (κ2) is 8.84. The topological polar surface area (TPSA) is 75.3 Å². The fourth-order valence-corrected chi connectivity index (χ4v) is 2.53. The maximum Gasteiger partial charge on any atom is 0.228 e. The number of nitrogens with one attached hydrogen (secondary N) is 1. The summed E-state index contributed by atoms with van der Waals surface area (Å²) in [5.74, 6) is 2.40. The zero-order valence-corrected chi connectivity index (χ0v) is 15.5. The summed E-state index contributed by atoms with van der Waals surface area (Å²) in [6.45, 7) is 0. The predicted octanol–water partition coefficient (Wildman–Crippen LogP) is 2.91. The Balaban J connectivity index is 2.17. The highest BCUT2D eigenvalue weighted by Gasteiger charge is 2.15. The maximum atomic E-state index is 12.4. The van der Waals surface area contributed by atoms with Crippen LogP contribution in [0.15, 0.2) is 30.3 Å². The highest BCUT2D eigenvalue weighted by Crippen LogP contribution is 2.40. The number of carbonyl (C=O) groups excluding carboxylic acids is 1. The molecule has 0 fully saturated rings. The van der Waals surface area contributed by atoms with Crippen molar-refractivity contribution in [3.05, 3.63) is 35.9 Å². The van der Waals surface area contributed by atoms with Crippen molar-refractivity contribution >= 4 is 11.6 Å². The third-order valence-electron chi connectivity index (χ3n) is 3.76. The molecule has 0 bridgehead atoms. The van der Waals surface area contributed by atoms with Crippen molar-refractivity contribution in [2.75, 3.05) is 40.9 Å². The molecule has 7 nitrogen and oxygen atoms in total. The fraction of sp³-hybridized carbons (Fsp3) is 0.316. The summed E-state index contributed by atoms with van der Waals surface area (Å²) in [7, 11) is 7.68. The highest BCUT2D eigenvalue weighted by molar-refractivity contribution is 5.93. The van der Waals surface area contributed by atoms with Gasteiger partial charge in [0.2, 0.25) is 11.7 Å². The molecule has 0 aromatic heterocycles. The molecular weight excluding hydrogens is 338 g/mol. The summed E-state index contributed by atoms with van der Waals surface area (Å²) in [4.78, 5) is 12.4. The van der Waals surface area contributed by atoms with E-state index in [4.69, 9.17) is 23.7 Å². The Labute approximate surface area is 152 Å². The number of hydrogen-bond acceptors (Lipinski definition) is 6. The highest BCUT2D eigenvalue weighted by atomic mass is 16.5. The first-order valence-corrected chi connectivity index (χ1v) is 7.87. The molecule has 0 unspecified atom stereocenters. The summed E-state index contributed by atoms with van der Waals surface area (Å²) in [6, 6.07) is 8.70. The van der Waals surface area contributed by atoms with Crippen molar-refractivity contribution in [2.45, 2.75) is 6.42 Å². The third kappa shape index (κ3) is 4.30. The van der Waals surface area contributed by atoms with E-state index < -0.39 is 0 Å². The van der Waals surface area contributed by atoms with Gasteiger partial charge in [0.05, 0.1) is 42.0 Å². The van der Waals surface area contributed by atoms with Gasteiger partial charge < -0.3 is 29.0 Å². The normalized spacial score (nSPS) is 10.0. The summed E-state index contributed by atoms with van der Waals surface area (Å²) in [5, 5.41) is 2.83. The van der Waals surface area contributed by atoms with Crippen LogP contribution < -0.4 is 29.0 Å². The molecule has 0 saturated heterocycles. The van der Waals surface area contributed by atoms with Gasteiger partial charge in [0, 0.05) is 17.8 Å². The second-order valence-corrected chi connectivity index (χ2v) is 5.33. The largest absolute Gasteiger partial charge is 0.493 e. The van der Waals surface area contributed by atoms with Crippen molar-refractivity contribution in [3.63, 3.8) is 0 Å². The average Bonchev–Trinajstić information content (AvgIpc) is 2.66. The Morgan fingerprint density at radius 2 is 1.35 bits per heavy atom. The number of methoxy groups -OCH3 is 5. The van der Waals surface area contributed by atoms with Crippen LogP contribution in [0.4, 0.5) is 5.69 Å². The van der Waals surface area contributed by atoms with E-state index in [1.807, 2.05) is 6.07 Å². The number of ether oxygens (including phenoxy) is 5. The first-order chi connectivity index (χ1) is 12.6. The van der Waals surface area contributed by atoms with Crippen LogP contribution in [0.1, 0.15) is 5.56 Å². The molecule has 140 valence electrons. The van der Waals surface area contributed by atoms with Gasteiger partial charge >= 0.3 is 0 Å². The number of hydrogen-bond donors (Lipinski definition) is 1. The van der Waals surface area contributed by atoms with Crippen LogP contribution in [-0.2, 0) is 11.2 Å². The van der Waals surface area contributed by atoms with E-state index in [9.17, 15) is 4.79 Å². The standard InChI is InChI=1S/C19H23NO6/c1-22-14-7-6-12(8-15(14)23-2)9-18(21)20-13-10-16(24-3)19(26-5)17(11-13)25-4/h6-8,10-11H,9H2,1-5H3,(H,20,21). The lowest BCUT2D eigenvalue weighted by atomic mass is 10.1. The van der Waals surface area contributed by atoms with E-state index in [1.54, 1.807) is 38.5 Å². The number of benzene rings is 2. The molecule has 2 aromatic carbocycles. The van der Waals surface area contributed by atoms with Crippen LogP contribution in [0, 0.1) is 0 Å². The summed E-state index contributed by atoms with van der Waals surface area (Å²) in [5.41, 5.74) is 1.34. The summed E-state index contributed by atoms with van der Waals surface area (Å²) < 4.78 is 26.3. The van der Waals surface area contributed by atoms with Crippen LogP contribution in [0.25, 0.3) is 0 Å². The molecule has 0 heterocycles. The van der Waals surface area contributed by atoms with Crippen LogP contribution in [-0.4, -0.2) is 41.5 Å². The van der Waals surface area contributed by atoms with Gasteiger partial charge in [-0.15, -0.1) is 0 Å². The molecule has 1 N–H and O–H groups in total. The van der Waals surface area contributed by atoms with Gasteiger partial charge in [-0.25, -0.2) is 0 Å². The van der Waals surface area contributed by atoms with E-state index in [1.165, 1.54) is 21.3 Å². The van der Waals surface area contributed by atoms with Crippen molar-refractivity contribution in [1.29, 1.82) is 0 Å². The van der Waals surface area contributed by atoms with Crippen molar-refractivity contribution < 1.29 is 28.5 Å². The molecule has 1 amide bonds. The van der Waals surface area contributed by atoms with Gasteiger partial charge in [0.15, 0.2) is 23.0 Å². The number of anilines is 1. The minimum Gasteiger partial charge on any atom is -0.493 e. The van der Waals surface area contributed by atoms with Gasteiger partial charge in [0.25, 0.3) is 0 Å². The molecular formula is C19H23NO6. The summed E-state index contributed by atoms with van der Waals surface area (Å²) in [6.07, 6.45) is 0.178. The zero-order valence-electron chi connectivity index (χ0n) is 15.5. The lowest BCUT2D eigenvalue weighted by molar-refractivity contribution is -0.115. The first kappa shape index (κ1) is 19.2. The van der Waals surface area contributed by atoms with Crippen LogP contribution in [0.5, 0.6) is 28.7 Å². The second-order valence-electron chi connectivity index (χ2n) is 5.33. The minimum atomic E-state index is -0.188. The molecule has 0 aliphatic carbocycles. The van der Waals surface area contributed by atoms with Crippen molar-refractivity contribution in [2.24, 2.45) is 0 Å². The van der Waals surface area contributed by atoms with E-state index in [2.05, 4.69) is 5.32 Å². The lowest BCUT2D eigenvalue weighted by Crippen LogP contribution is -2.14.